The summed E-state index contributed by atoms with van der Waals surface area (Å²) in [5.41, 5.74) is -1.59. The maximum Gasteiger partial charge on any atom is 0.202 e. The van der Waals surface area contributed by atoms with Crippen molar-refractivity contribution in [2.24, 2.45) is 5.92 Å². The summed E-state index contributed by atoms with van der Waals surface area (Å²) in [6.45, 7) is 10.8. The van der Waals surface area contributed by atoms with Crippen LogP contribution in [0.15, 0.2) is 18.2 Å². The molecule has 5 aliphatic heterocycles. The van der Waals surface area contributed by atoms with E-state index in [1.807, 2.05) is 0 Å². The van der Waals surface area contributed by atoms with Gasteiger partial charge in [-0.05, 0) is 78.0 Å². The van der Waals surface area contributed by atoms with Crippen LogP contribution in [0.3, 0.4) is 0 Å². The van der Waals surface area contributed by atoms with Gasteiger partial charge < -0.3 is 108 Å². The van der Waals surface area contributed by atoms with Crippen molar-refractivity contribution in [2.75, 3.05) is 14.2 Å². The lowest BCUT2D eigenvalue weighted by Crippen LogP contribution is -2.58. The fourth-order valence-electron chi connectivity index (χ4n) is 11.5. The predicted molar refractivity (Wildman–Crippen MR) is 259 cm³/mol. The van der Waals surface area contributed by atoms with Gasteiger partial charge in [-0.1, -0.05) is 0 Å². The molecule has 0 amide bonds. The summed E-state index contributed by atoms with van der Waals surface area (Å²) >= 11 is 0. The summed E-state index contributed by atoms with van der Waals surface area (Å²) in [4.78, 5) is 28.8. The van der Waals surface area contributed by atoms with Gasteiger partial charge in [0.1, 0.15) is 66.1 Å². The number of Topliss-reactive ketones (excluding diaryl/α,β-unsaturated/α-hetero) is 2. The van der Waals surface area contributed by atoms with E-state index in [4.69, 9.17) is 56.8 Å². The Bertz CT molecular complexity index is 2320. The van der Waals surface area contributed by atoms with Crippen LogP contribution in [0.1, 0.15) is 96.5 Å². The number of methoxy groups -OCH3 is 2. The number of phenolic OH excluding ortho intramolecular Hbond substituents is 2. The molecule has 0 radical (unpaired) electrons. The molecule has 6 aliphatic rings. The third-order valence-electron chi connectivity index (χ3n) is 15.7. The van der Waals surface area contributed by atoms with Gasteiger partial charge in [-0.2, -0.15) is 0 Å². The summed E-state index contributed by atoms with van der Waals surface area (Å²) < 4.78 is 72.0. The Kier molecular flexibility index (Phi) is 18.4. The average molecular weight is 1090 g/mol. The van der Waals surface area contributed by atoms with Crippen LogP contribution in [0.5, 0.6) is 17.2 Å². The Labute approximate surface area is 439 Å². The van der Waals surface area contributed by atoms with Crippen LogP contribution in [0, 0.1) is 5.92 Å². The Morgan fingerprint density at radius 3 is 1.75 bits per heavy atom. The lowest BCUT2D eigenvalue weighted by atomic mass is 9.75. The fourth-order valence-corrected chi connectivity index (χ4v) is 11.5. The topological polar surface area (TPSA) is 347 Å². The van der Waals surface area contributed by atoms with E-state index in [-0.39, 0.29) is 66.2 Å². The van der Waals surface area contributed by atoms with Gasteiger partial charge in [0.05, 0.1) is 77.6 Å². The largest absolute Gasteiger partial charge is 0.507 e. The minimum absolute atomic E-state index is 0.00301. The summed E-state index contributed by atoms with van der Waals surface area (Å²) in [5.74, 6) is -4.11. The van der Waals surface area contributed by atoms with Crippen molar-refractivity contribution in [1.29, 1.82) is 0 Å². The molecule has 2 aromatic carbocycles. The second kappa shape index (κ2) is 23.8. The number of aliphatic hydroxyl groups excluding tert-OH is 7. The van der Waals surface area contributed by atoms with Crippen LogP contribution in [0.25, 0.3) is 10.8 Å². The molecule has 0 spiro atoms. The highest BCUT2D eigenvalue weighted by atomic mass is 16.7. The van der Waals surface area contributed by atoms with E-state index in [1.165, 1.54) is 46.3 Å². The smallest absolute Gasteiger partial charge is 0.202 e. The number of benzene rings is 2. The van der Waals surface area contributed by atoms with Crippen LogP contribution in [0.2, 0.25) is 0 Å². The predicted octanol–water partition coefficient (Wildman–Crippen LogP) is 0.0964. The van der Waals surface area contributed by atoms with Gasteiger partial charge in [-0.3, -0.25) is 9.59 Å². The molecule has 8 rings (SSSR count). The first-order valence-corrected chi connectivity index (χ1v) is 26.0. The van der Waals surface area contributed by atoms with Crippen molar-refractivity contribution in [3.05, 3.63) is 29.3 Å². The van der Waals surface area contributed by atoms with Crippen molar-refractivity contribution in [1.82, 2.24) is 0 Å². The second-order valence-electron chi connectivity index (χ2n) is 21.5. The normalized spacial score (nSPS) is 42.5. The minimum Gasteiger partial charge on any atom is -0.507 e. The first kappa shape index (κ1) is 58.8. The van der Waals surface area contributed by atoms with E-state index in [1.54, 1.807) is 34.6 Å². The quantitative estimate of drug-likeness (QED) is 0.107. The van der Waals surface area contributed by atoms with Crippen LogP contribution < -0.4 is 4.74 Å². The van der Waals surface area contributed by atoms with E-state index in [2.05, 4.69) is 0 Å². The zero-order valence-electron chi connectivity index (χ0n) is 44.0. The summed E-state index contributed by atoms with van der Waals surface area (Å²) in [6.07, 6.45) is -25.5. The molecule has 2 aromatic rings. The molecular weight excluding hydrogens is 1010 g/mol. The highest BCUT2D eigenvalue weighted by Crippen LogP contribution is 2.46. The molecule has 5 heterocycles. The Balaban J connectivity index is 1.02. The zero-order chi connectivity index (χ0) is 55.4. The van der Waals surface area contributed by atoms with E-state index >= 15 is 0 Å². The van der Waals surface area contributed by atoms with Crippen molar-refractivity contribution in [2.45, 2.75) is 234 Å². The van der Waals surface area contributed by atoms with Gasteiger partial charge >= 0.3 is 0 Å². The highest BCUT2D eigenvalue weighted by Gasteiger charge is 2.51. The number of carbonyl (C=O) groups excluding carboxylic acids is 2. The molecule has 0 bridgehead atoms. The summed E-state index contributed by atoms with van der Waals surface area (Å²) in [6, 6.07) is 4.22. The highest BCUT2D eigenvalue weighted by molar-refractivity contribution is 6.11. The number of aliphatic hydroxyl groups is 8. The third kappa shape index (κ3) is 12.2. The molecule has 25 atom stereocenters. The maximum absolute atomic E-state index is 15.0. The standard InChI is InChI=1S/C52H76O24/c1-19(53)41(56)47(62)49(66-9)28-12-26-10-25-11-27(72-35-15-31(42(57)20(2)67-35)73-34-14-30(55)48(65-8)23(5)70-34)13-29(54)39(25)45(60)40(26)46(61)50(28)76-37-17-32(43(58)22(4)69-37)74-36-16-33(44(59)21(3)68-36)75-38-18-52(7,64)51(63)24(6)71-38/h10-11,13,19-24,28,30-38,41-44,48-51,53-60,63-64H,12,14-18H2,1-9H3/t19-,20-,21-,22-,23-,24+,28+,30-,31-,32-,33-,34-,35+,36+,37+,38+,41+,42+,43-,44-,48+,49+,50+,51+,52+/m1/s1. The molecular formula is C52H76O24. The number of ether oxygens (including phenoxy) is 12. The van der Waals surface area contributed by atoms with Crippen LogP contribution in [-0.2, 0) is 63.3 Å². The number of aromatic hydroxyl groups is 2. The number of rotatable bonds is 16. The number of hydrogen-bond donors (Lipinski definition) is 10. The van der Waals surface area contributed by atoms with Crippen LogP contribution in [0.4, 0.5) is 0 Å². The van der Waals surface area contributed by atoms with Gasteiger partial charge in [-0.25, -0.2) is 0 Å². The van der Waals surface area contributed by atoms with E-state index in [9.17, 15) is 60.7 Å². The number of carbonyl (C=O) groups is 2. The number of phenols is 2. The molecule has 5 fully saturated rings. The van der Waals surface area contributed by atoms with Gasteiger partial charge in [0, 0.05) is 58.3 Å². The van der Waals surface area contributed by atoms with Crippen molar-refractivity contribution in [3.63, 3.8) is 0 Å². The third-order valence-corrected chi connectivity index (χ3v) is 15.7. The first-order valence-electron chi connectivity index (χ1n) is 26.0. The maximum atomic E-state index is 15.0. The molecule has 76 heavy (non-hydrogen) atoms. The molecule has 1 aliphatic carbocycles. The molecule has 428 valence electrons. The van der Waals surface area contributed by atoms with E-state index in [0.29, 0.717) is 0 Å². The minimum atomic E-state index is -1.94. The molecule has 24 heteroatoms. The Hall–Kier alpha value is -3.32. The van der Waals surface area contributed by atoms with Gasteiger partial charge in [0.2, 0.25) is 6.29 Å². The lowest BCUT2D eigenvalue weighted by Gasteiger charge is -2.46. The Morgan fingerprint density at radius 2 is 1.21 bits per heavy atom. The van der Waals surface area contributed by atoms with Crippen molar-refractivity contribution < 1.29 is 117 Å². The zero-order valence-corrected chi connectivity index (χ0v) is 44.0. The summed E-state index contributed by atoms with van der Waals surface area (Å²) in [7, 11) is 2.66. The molecule has 0 unspecified atom stereocenters. The monoisotopic (exact) mass is 1080 g/mol. The molecule has 5 saturated heterocycles. The first-order chi connectivity index (χ1) is 35.8. The van der Waals surface area contributed by atoms with Crippen LogP contribution in [-0.4, -0.2) is 224 Å². The van der Waals surface area contributed by atoms with E-state index in [0.717, 1.165) is 0 Å². The molecule has 0 aromatic heterocycles. The van der Waals surface area contributed by atoms with Gasteiger partial charge in [-0.15, -0.1) is 0 Å². The average Bonchev–Trinajstić information content (AvgIpc) is 3.37. The van der Waals surface area contributed by atoms with Crippen molar-refractivity contribution >= 4 is 22.3 Å². The van der Waals surface area contributed by atoms with E-state index < -0.39 is 176 Å². The summed E-state index contributed by atoms with van der Waals surface area (Å²) in [5, 5.41) is 110. The van der Waals surface area contributed by atoms with Crippen LogP contribution >= 0.6 is 0 Å². The second-order valence-corrected chi connectivity index (χ2v) is 21.5. The van der Waals surface area contributed by atoms with Crippen molar-refractivity contribution in [3.8, 4) is 17.2 Å². The SMILES string of the molecule is CO[C@@H]1[C@H](O)C[C@@H](O[C@@H]2C[C@H](Oc3cc(O)c4c(O)c5c(cc4c3)C[C@@H]([C@H](OC)C(=O)[C@@H](O)[C@@H](C)O)[C@H](O[C@H]3C[C@@H](O[C@H]4C[C@@H](O[C@H]6C[C@](C)(O)[C@@H](O)[C@H](C)O6)[C@H](O)[C@@H](C)O4)[C@H](O)[C@@H](C)O3)C5=O)O[C@H](C)[C@@H]2O)O[C@@H]1C. The Morgan fingerprint density at radius 1 is 0.697 bits per heavy atom. The number of ketones is 2. The lowest BCUT2D eigenvalue weighted by molar-refractivity contribution is -0.334. The fraction of sp³-hybridized carbons (Fsp3) is 0.769. The van der Waals surface area contributed by atoms with Gasteiger partial charge in [0.15, 0.2) is 36.7 Å². The molecule has 24 nitrogen and oxygen atoms in total. The molecule has 0 saturated carbocycles. The number of fused-ring (bicyclic) bond motifs is 2. The molecule has 10 N–H and O–H groups in total. The number of hydrogen-bond acceptors (Lipinski definition) is 24. The van der Waals surface area contributed by atoms with Gasteiger partial charge in [0.25, 0.3) is 0 Å².